The second-order valence-corrected chi connectivity index (χ2v) is 9.00. The van der Waals surface area contributed by atoms with E-state index in [2.05, 4.69) is 10.0 Å². The first-order valence-corrected chi connectivity index (χ1v) is 11.0. The van der Waals surface area contributed by atoms with Crippen LogP contribution in [-0.4, -0.2) is 20.9 Å². The molecular weight excluding hydrogens is 447 g/mol. The standard InChI is InChI=1S/C21H18Cl2N2O4S/c1-14-3-2-4-17(9-14)25-30(27,28)20-7-5-19(6-8-20)29-13-21(26)24-18-11-15(22)10-16(23)12-18/h2-12,25H,13H2,1H3,(H,24,26). The maximum absolute atomic E-state index is 12.5. The predicted molar refractivity (Wildman–Crippen MR) is 119 cm³/mol. The van der Waals surface area contributed by atoms with Crippen molar-refractivity contribution in [2.45, 2.75) is 11.8 Å². The zero-order valence-electron chi connectivity index (χ0n) is 15.9. The van der Waals surface area contributed by atoms with E-state index in [1.807, 2.05) is 13.0 Å². The first-order valence-electron chi connectivity index (χ1n) is 8.79. The Hall–Kier alpha value is -2.74. The Kier molecular flexibility index (Phi) is 6.87. The highest BCUT2D eigenvalue weighted by Gasteiger charge is 2.14. The number of benzene rings is 3. The number of carbonyl (C=O) groups excluding carboxylic acids is 1. The van der Waals surface area contributed by atoms with Gasteiger partial charge in [-0.3, -0.25) is 9.52 Å². The minimum Gasteiger partial charge on any atom is -0.484 e. The van der Waals surface area contributed by atoms with Crippen LogP contribution in [0.2, 0.25) is 10.0 Å². The molecule has 156 valence electrons. The number of hydrogen-bond donors (Lipinski definition) is 2. The largest absolute Gasteiger partial charge is 0.484 e. The van der Waals surface area contributed by atoms with Gasteiger partial charge in [-0.05, 0) is 67.1 Å². The number of aryl methyl sites for hydroxylation is 1. The molecule has 1 amide bonds. The van der Waals surface area contributed by atoms with E-state index in [4.69, 9.17) is 27.9 Å². The summed E-state index contributed by atoms with van der Waals surface area (Å²) in [4.78, 5) is 12.1. The first-order chi connectivity index (χ1) is 14.2. The van der Waals surface area contributed by atoms with Crippen LogP contribution in [0.3, 0.4) is 0 Å². The van der Waals surface area contributed by atoms with Crippen LogP contribution in [0.15, 0.2) is 71.6 Å². The third kappa shape index (κ3) is 6.13. The Morgan fingerprint density at radius 1 is 0.933 bits per heavy atom. The molecule has 9 heteroatoms. The number of ether oxygens (including phenoxy) is 1. The van der Waals surface area contributed by atoms with Crippen molar-refractivity contribution in [3.05, 3.63) is 82.3 Å². The third-order valence-electron chi connectivity index (χ3n) is 3.92. The Morgan fingerprint density at radius 2 is 1.60 bits per heavy atom. The number of rotatable bonds is 7. The van der Waals surface area contributed by atoms with Crippen LogP contribution in [0, 0.1) is 6.92 Å². The van der Waals surface area contributed by atoms with E-state index in [1.54, 1.807) is 36.4 Å². The van der Waals surface area contributed by atoms with Crippen LogP contribution in [0.25, 0.3) is 0 Å². The van der Waals surface area contributed by atoms with Crippen molar-refractivity contribution in [2.75, 3.05) is 16.6 Å². The predicted octanol–water partition coefficient (Wildman–Crippen LogP) is 5.12. The Bertz CT molecular complexity index is 1150. The number of hydrogen-bond acceptors (Lipinski definition) is 4. The van der Waals surface area contributed by atoms with Crippen LogP contribution >= 0.6 is 23.2 Å². The molecule has 0 unspecified atom stereocenters. The smallest absolute Gasteiger partial charge is 0.262 e. The summed E-state index contributed by atoms with van der Waals surface area (Å²) in [6.45, 7) is 1.61. The monoisotopic (exact) mass is 464 g/mol. The fraction of sp³-hybridized carbons (Fsp3) is 0.0952. The van der Waals surface area contributed by atoms with Crippen LogP contribution in [0.5, 0.6) is 5.75 Å². The van der Waals surface area contributed by atoms with E-state index >= 15 is 0 Å². The van der Waals surface area contributed by atoms with Crippen LogP contribution in [0.4, 0.5) is 11.4 Å². The molecule has 0 aliphatic heterocycles. The molecule has 0 aromatic heterocycles. The second kappa shape index (κ2) is 9.38. The van der Waals surface area contributed by atoms with Crippen LogP contribution < -0.4 is 14.8 Å². The van der Waals surface area contributed by atoms with Gasteiger partial charge in [0.2, 0.25) is 0 Å². The SMILES string of the molecule is Cc1cccc(NS(=O)(=O)c2ccc(OCC(=O)Nc3cc(Cl)cc(Cl)c3)cc2)c1. The summed E-state index contributed by atoms with van der Waals surface area (Å²) in [6, 6.07) is 17.5. The summed E-state index contributed by atoms with van der Waals surface area (Å²) in [5.41, 5.74) is 1.87. The van der Waals surface area contributed by atoms with Gasteiger partial charge in [0.05, 0.1) is 4.90 Å². The molecule has 0 radical (unpaired) electrons. The molecule has 0 heterocycles. The third-order valence-corrected chi connectivity index (χ3v) is 5.75. The zero-order chi connectivity index (χ0) is 21.7. The van der Waals surface area contributed by atoms with Crippen molar-refractivity contribution in [1.82, 2.24) is 0 Å². The number of sulfonamides is 1. The van der Waals surface area contributed by atoms with Gasteiger partial charge in [-0.1, -0.05) is 35.3 Å². The summed E-state index contributed by atoms with van der Waals surface area (Å²) in [5.74, 6) is -0.0603. The van der Waals surface area contributed by atoms with Gasteiger partial charge in [-0.25, -0.2) is 8.42 Å². The fourth-order valence-corrected chi connectivity index (χ4v) is 4.19. The van der Waals surface area contributed by atoms with Gasteiger partial charge >= 0.3 is 0 Å². The van der Waals surface area contributed by atoms with Gasteiger partial charge in [0.15, 0.2) is 6.61 Å². The number of nitrogens with one attached hydrogen (secondary N) is 2. The van der Waals surface area contributed by atoms with Crippen molar-refractivity contribution in [3.8, 4) is 5.75 Å². The molecule has 3 aromatic carbocycles. The molecule has 2 N–H and O–H groups in total. The molecule has 0 aliphatic carbocycles. The average Bonchev–Trinajstić information content (AvgIpc) is 2.65. The molecule has 0 atom stereocenters. The van der Waals surface area contributed by atoms with Gasteiger partial charge in [0, 0.05) is 21.4 Å². The Balaban J connectivity index is 1.59. The lowest BCUT2D eigenvalue weighted by Crippen LogP contribution is -2.20. The fourth-order valence-electron chi connectivity index (χ4n) is 2.61. The minimum absolute atomic E-state index is 0.0781. The molecule has 0 spiro atoms. The van der Waals surface area contributed by atoms with E-state index in [-0.39, 0.29) is 11.5 Å². The lowest BCUT2D eigenvalue weighted by atomic mass is 10.2. The lowest BCUT2D eigenvalue weighted by molar-refractivity contribution is -0.118. The second-order valence-electron chi connectivity index (χ2n) is 6.44. The van der Waals surface area contributed by atoms with E-state index in [9.17, 15) is 13.2 Å². The van der Waals surface area contributed by atoms with Crippen molar-refractivity contribution >= 4 is 50.5 Å². The summed E-state index contributed by atoms with van der Waals surface area (Å²) in [6.07, 6.45) is 0. The Morgan fingerprint density at radius 3 is 2.23 bits per heavy atom. The highest BCUT2D eigenvalue weighted by atomic mass is 35.5. The van der Waals surface area contributed by atoms with Crippen molar-refractivity contribution in [1.29, 1.82) is 0 Å². The molecule has 3 rings (SSSR count). The summed E-state index contributed by atoms with van der Waals surface area (Å²) in [5, 5.41) is 3.42. The summed E-state index contributed by atoms with van der Waals surface area (Å²) >= 11 is 11.8. The highest BCUT2D eigenvalue weighted by molar-refractivity contribution is 7.92. The highest BCUT2D eigenvalue weighted by Crippen LogP contribution is 2.23. The summed E-state index contributed by atoms with van der Waals surface area (Å²) < 4.78 is 33.0. The molecule has 6 nitrogen and oxygen atoms in total. The molecule has 0 bridgehead atoms. The number of halogens is 2. The Labute approximate surface area is 184 Å². The number of amides is 1. The molecule has 0 saturated carbocycles. The maximum Gasteiger partial charge on any atom is 0.262 e. The van der Waals surface area contributed by atoms with Gasteiger partial charge in [0.25, 0.3) is 15.9 Å². The van der Waals surface area contributed by atoms with E-state index < -0.39 is 15.9 Å². The lowest BCUT2D eigenvalue weighted by Gasteiger charge is -2.10. The molecule has 30 heavy (non-hydrogen) atoms. The number of anilines is 2. The normalized spacial score (nSPS) is 11.0. The van der Waals surface area contributed by atoms with Crippen molar-refractivity contribution < 1.29 is 17.9 Å². The van der Waals surface area contributed by atoms with Gasteiger partial charge in [-0.2, -0.15) is 0 Å². The number of carbonyl (C=O) groups is 1. The molecule has 0 aliphatic rings. The average molecular weight is 465 g/mol. The molecule has 0 fully saturated rings. The van der Waals surface area contributed by atoms with E-state index in [0.29, 0.717) is 27.2 Å². The zero-order valence-corrected chi connectivity index (χ0v) is 18.2. The van der Waals surface area contributed by atoms with E-state index in [1.165, 1.54) is 24.3 Å². The molecule has 0 saturated heterocycles. The molecule has 3 aromatic rings. The van der Waals surface area contributed by atoms with Crippen molar-refractivity contribution in [2.24, 2.45) is 0 Å². The topological polar surface area (TPSA) is 84.5 Å². The quantitative estimate of drug-likeness (QED) is 0.507. The van der Waals surface area contributed by atoms with Gasteiger partial charge in [-0.15, -0.1) is 0 Å². The molecular formula is C21H18Cl2N2O4S. The minimum atomic E-state index is -3.74. The van der Waals surface area contributed by atoms with Crippen LogP contribution in [-0.2, 0) is 14.8 Å². The van der Waals surface area contributed by atoms with Gasteiger partial charge in [0.1, 0.15) is 5.75 Å². The van der Waals surface area contributed by atoms with Crippen LogP contribution in [0.1, 0.15) is 5.56 Å². The van der Waals surface area contributed by atoms with E-state index in [0.717, 1.165) is 5.56 Å². The maximum atomic E-state index is 12.5. The van der Waals surface area contributed by atoms with Gasteiger partial charge < -0.3 is 10.1 Å². The summed E-state index contributed by atoms with van der Waals surface area (Å²) in [7, 11) is -3.74. The van der Waals surface area contributed by atoms with Crippen molar-refractivity contribution in [3.63, 3.8) is 0 Å². The first kappa shape index (κ1) is 22.0.